The Balaban J connectivity index is 2.46. The van der Waals surface area contributed by atoms with Crippen molar-refractivity contribution in [2.45, 2.75) is 26.8 Å². The molecule has 96 valence electrons. The Morgan fingerprint density at radius 2 is 2.00 bits per heavy atom. The van der Waals surface area contributed by atoms with Gasteiger partial charge in [-0.25, -0.2) is 0 Å². The van der Waals surface area contributed by atoms with Gasteiger partial charge in [-0.2, -0.15) is 0 Å². The van der Waals surface area contributed by atoms with Gasteiger partial charge in [0.25, 0.3) is 0 Å². The van der Waals surface area contributed by atoms with E-state index in [-0.39, 0.29) is 12.0 Å². The highest BCUT2D eigenvalue weighted by Gasteiger charge is 2.16. The van der Waals surface area contributed by atoms with E-state index in [0.717, 1.165) is 18.5 Å². The van der Waals surface area contributed by atoms with Crippen LogP contribution >= 0.6 is 23.2 Å². The molecule has 0 saturated carbocycles. The molecule has 0 spiro atoms. The van der Waals surface area contributed by atoms with E-state index in [1.54, 1.807) is 6.07 Å². The predicted octanol–water partition coefficient (Wildman–Crippen LogP) is 3.49. The zero-order valence-electron chi connectivity index (χ0n) is 10.3. The van der Waals surface area contributed by atoms with Gasteiger partial charge in [0.05, 0.1) is 0 Å². The van der Waals surface area contributed by atoms with Crippen LogP contribution in [-0.2, 0) is 6.54 Å². The summed E-state index contributed by atoms with van der Waals surface area (Å²) in [7, 11) is 0. The molecule has 0 unspecified atom stereocenters. The first-order valence-corrected chi connectivity index (χ1v) is 6.46. The highest BCUT2D eigenvalue weighted by molar-refractivity contribution is 6.35. The predicted molar refractivity (Wildman–Crippen MR) is 73.7 cm³/mol. The normalized spacial score (nSPS) is 11.8. The fourth-order valence-electron chi connectivity index (χ4n) is 1.59. The number of aliphatic hydroxyl groups excluding tert-OH is 1. The summed E-state index contributed by atoms with van der Waals surface area (Å²) in [6.45, 7) is 6.02. The second-order valence-electron chi connectivity index (χ2n) is 4.98. The Labute approximate surface area is 113 Å². The summed E-state index contributed by atoms with van der Waals surface area (Å²) in [5, 5.41) is 13.6. The number of halogens is 2. The second kappa shape index (κ2) is 6.60. The smallest absolute Gasteiger partial charge is 0.0465 e. The minimum atomic E-state index is 0.0909. The molecule has 0 radical (unpaired) electrons. The molecule has 2 nitrogen and oxygen atoms in total. The van der Waals surface area contributed by atoms with E-state index in [4.69, 9.17) is 28.3 Å². The lowest BCUT2D eigenvalue weighted by molar-refractivity contribution is 0.207. The van der Waals surface area contributed by atoms with Crippen molar-refractivity contribution in [1.29, 1.82) is 0 Å². The van der Waals surface area contributed by atoms with Crippen LogP contribution in [-0.4, -0.2) is 18.3 Å². The molecule has 0 fully saturated rings. The van der Waals surface area contributed by atoms with Crippen molar-refractivity contribution in [2.24, 2.45) is 5.41 Å². The van der Waals surface area contributed by atoms with Gasteiger partial charge in [0.15, 0.2) is 0 Å². The van der Waals surface area contributed by atoms with E-state index in [9.17, 15) is 0 Å². The van der Waals surface area contributed by atoms with Crippen molar-refractivity contribution in [2.75, 3.05) is 13.2 Å². The summed E-state index contributed by atoms with van der Waals surface area (Å²) in [6, 6.07) is 5.51. The summed E-state index contributed by atoms with van der Waals surface area (Å²) in [5.74, 6) is 0. The summed E-state index contributed by atoms with van der Waals surface area (Å²) in [6.07, 6.45) is 0.786. The van der Waals surface area contributed by atoms with Gasteiger partial charge in [-0.1, -0.05) is 43.1 Å². The number of hydrogen-bond donors (Lipinski definition) is 2. The standard InChI is InChI=1S/C13H19Cl2NO/c1-13(2,5-6-17)9-16-8-10-3-4-11(14)7-12(10)15/h3-4,7,16-17H,5-6,8-9H2,1-2H3. The molecule has 0 atom stereocenters. The second-order valence-corrected chi connectivity index (χ2v) is 5.82. The molecule has 1 rings (SSSR count). The minimum Gasteiger partial charge on any atom is -0.396 e. The zero-order chi connectivity index (χ0) is 12.9. The average molecular weight is 276 g/mol. The Bertz CT molecular complexity index is 366. The van der Waals surface area contributed by atoms with Crippen LogP contribution in [0.1, 0.15) is 25.8 Å². The number of nitrogens with one attached hydrogen (secondary N) is 1. The molecule has 0 bridgehead atoms. The average Bonchev–Trinajstić information content (AvgIpc) is 2.21. The molecule has 0 aromatic heterocycles. The monoisotopic (exact) mass is 275 g/mol. The maximum atomic E-state index is 8.93. The van der Waals surface area contributed by atoms with Gasteiger partial charge in [0.2, 0.25) is 0 Å². The van der Waals surface area contributed by atoms with Crippen LogP contribution in [0, 0.1) is 5.41 Å². The van der Waals surface area contributed by atoms with Crippen molar-refractivity contribution >= 4 is 23.2 Å². The molecule has 2 N–H and O–H groups in total. The lowest BCUT2D eigenvalue weighted by Gasteiger charge is -2.24. The maximum Gasteiger partial charge on any atom is 0.0465 e. The minimum absolute atomic E-state index is 0.0909. The van der Waals surface area contributed by atoms with E-state index >= 15 is 0 Å². The van der Waals surface area contributed by atoms with Crippen LogP contribution in [0.25, 0.3) is 0 Å². The largest absolute Gasteiger partial charge is 0.396 e. The van der Waals surface area contributed by atoms with Crippen LogP contribution in [0.15, 0.2) is 18.2 Å². The van der Waals surface area contributed by atoms with Gasteiger partial charge in [-0.15, -0.1) is 0 Å². The van der Waals surface area contributed by atoms with E-state index in [1.165, 1.54) is 0 Å². The topological polar surface area (TPSA) is 32.3 Å². The molecule has 1 aromatic carbocycles. The Kier molecular flexibility index (Phi) is 5.74. The molecule has 0 aliphatic carbocycles. The zero-order valence-corrected chi connectivity index (χ0v) is 11.8. The molecule has 4 heteroatoms. The third-order valence-corrected chi connectivity index (χ3v) is 3.31. The molecule has 0 saturated heterocycles. The van der Waals surface area contributed by atoms with Gasteiger partial charge in [0.1, 0.15) is 0 Å². The first-order valence-electron chi connectivity index (χ1n) is 5.70. The fourth-order valence-corrected chi connectivity index (χ4v) is 2.07. The molecule has 0 aliphatic rings. The third kappa shape index (κ3) is 5.26. The summed E-state index contributed by atoms with van der Waals surface area (Å²) in [4.78, 5) is 0. The molecule has 0 amide bonds. The van der Waals surface area contributed by atoms with Crippen LogP contribution in [0.5, 0.6) is 0 Å². The van der Waals surface area contributed by atoms with Crippen LogP contribution in [0.3, 0.4) is 0 Å². The van der Waals surface area contributed by atoms with E-state index in [1.807, 2.05) is 12.1 Å². The summed E-state index contributed by atoms with van der Waals surface area (Å²) < 4.78 is 0. The van der Waals surface area contributed by atoms with Crippen LogP contribution in [0.4, 0.5) is 0 Å². The molecule has 0 heterocycles. The fraction of sp³-hybridized carbons (Fsp3) is 0.538. The summed E-state index contributed by atoms with van der Waals surface area (Å²) >= 11 is 11.9. The molecule has 1 aromatic rings. The SMILES string of the molecule is CC(C)(CCO)CNCc1ccc(Cl)cc1Cl. The molecule has 0 aliphatic heterocycles. The molecular weight excluding hydrogens is 257 g/mol. The van der Waals surface area contributed by atoms with Crippen molar-refractivity contribution in [3.05, 3.63) is 33.8 Å². The number of benzene rings is 1. The Hall–Kier alpha value is -0.280. The van der Waals surface area contributed by atoms with Gasteiger partial charge in [0, 0.05) is 29.7 Å². The Morgan fingerprint density at radius 1 is 1.29 bits per heavy atom. The van der Waals surface area contributed by atoms with Gasteiger partial charge in [-0.05, 0) is 29.5 Å². The van der Waals surface area contributed by atoms with Crippen molar-refractivity contribution in [3.63, 3.8) is 0 Å². The van der Waals surface area contributed by atoms with Crippen molar-refractivity contribution in [1.82, 2.24) is 5.32 Å². The van der Waals surface area contributed by atoms with E-state index in [2.05, 4.69) is 19.2 Å². The lowest BCUT2D eigenvalue weighted by Crippen LogP contribution is -2.29. The number of rotatable bonds is 6. The van der Waals surface area contributed by atoms with Crippen LogP contribution < -0.4 is 5.32 Å². The lowest BCUT2D eigenvalue weighted by atomic mass is 9.90. The van der Waals surface area contributed by atoms with Crippen LogP contribution in [0.2, 0.25) is 10.0 Å². The number of aliphatic hydroxyl groups is 1. The van der Waals surface area contributed by atoms with Crippen molar-refractivity contribution < 1.29 is 5.11 Å². The number of hydrogen-bond acceptors (Lipinski definition) is 2. The molecular formula is C13H19Cl2NO. The maximum absolute atomic E-state index is 8.93. The van der Waals surface area contributed by atoms with Gasteiger partial charge >= 0.3 is 0 Å². The van der Waals surface area contributed by atoms with Gasteiger partial charge in [-0.3, -0.25) is 0 Å². The highest BCUT2D eigenvalue weighted by atomic mass is 35.5. The Morgan fingerprint density at radius 3 is 2.59 bits per heavy atom. The third-order valence-electron chi connectivity index (χ3n) is 2.72. The molecule has 17 heavy (non-hydrogen) atoms. The van der Waals surface area contributed by atoms with E-state index < -0.39 is 0 Å². The summed E-state index contributed by atoms with van der Waals surface area (Å²) in [5.41, 5.74) is 1.13. The van der Waals surface area contributed by atoms with E-state index in [0.29, 0.717) is 16.6 Å². The quantitative estimate of drug-likeness (QED) is 0.833. The highest BCUT2D eigenvalue weighted by Crippen LogP contribution is 2.22. The van der Waals surface area contributed by atoms with Gasteiger partial charge < -0.3 is 10.4 Å². The first-order chi connectivity index (χ1) is 7.94. The first kappa shape index (κ1) is 14.8. The van der Waals surface area contributed by atoms with Crippen molar-refractivity contribution in [3.8, 4) is 0 Å².